The summed E-state index contributed by atoms with van der Waals surface area (Å²) < 4.78 is 11.3. The van der Waals surface area contributed by atoms with E-state index in [1.165, 1.54) is 0 Å². The Bertz CT molecular complexity index is 1380. The summed E-state index contributed by atoms with van der Waals surface area (Å²) in [6.07, 6.45) is 1.78. The van der Waals surface area contributed by atoms with Gasteiger partial charge >= 0.3 is 0 Å². The average molecular weight is 447 g/mol. The third kappa shape index (κ3) is 4.45. The topological polar surface area (TPSA) is 51.1 Å². The molecule has 0 bridgehead atoms. The molecule has 0 unspecified atom stereocenters. The second-order valence-electron chi connectivity index (χ2n) is 7.66. The first-order valence-electron chi connectivity index (χ1n) is 10.9. The minimum absolute atomic E-state index is 0.207. The Kier molecular flexibility index (Phi) is 5.91. The van der Waals surface area contributed by atoms with Crippen molar-refractivity contribution in [3.8, 4) is 17.2 Å². The van der Waals surface area contributed by atoms with Crippen LogP contribution in [0.15, 0.2) is 120 Å². The third-order valence-corrected chi connectivity index (χ3v) is 5.34. The maximum absolute atomic E-state index is 13.5. The summed E-state index contributed by atoms with van der Waals surface area (Å²) >= 11 is 0. The van der Waals surface area contributed by atoms with Crippen molar-refractivity contribution in [3.63, 3.8) is 0 Å². The van der Waals surface area contributed by atoms with E-state index in [0.717, 1.165) is 16.9 Å². The van der Waals surface area contributed by atoms with Crippen molar-refractivity contribution in [2.75, 3.05) is 12.0 Å². The predicted molar refractivity (Wildman–Crippen MR) is 134 cm³/mol. The fourth-order valence-electron chi connectivity index (χ4n) is 3.74. The van der Waals surface area contributed by atoms with Crippen LogP contribution >= 0.6 is 0 Å². The molecule has 1 amide bonds. The monoisotopic (exact) mass is 446 g/mol. The normalized spacial score (nSPS) is 14.3. The van der Waals surface area contributed by atoms with Gasteiger partial charge in [0.15, 0.2) is 0 Å². The molecule has 5 nitrogen and oxygen atoms in total. The van der Waals surface area contributed by atoms with Gasteiger partial charge in [-0.25, -0.2) is 4.99 Å². The summed E-state index contributed by atoms with van der Waals surface area (Å²) in [5.74, 6) is 2.46. The van der Waals surface area contributed by atoms with E-state index in [1.54, 1.807) is 18.1 Å². The maximum Gasteiger partial charge on any atom is 0.282 e. The second-order valence-corrected chi connectivity index (χ2v) is 7.66. The van der Waals surface area contributed by atoms with Crippen LogP contribution in [0.3, 0.4) is 0 Å². The second kappa shape index (κ2) is 9.46. The van der Waals surface area contributed by atoms with Crippen LogP contribution in [0.2, 0.25) is 0 Å². The van der Waals surface area contributed by atoms with E-state index in [0.29, 0.717) is 28.7 Å². The largest absolute Gasteiger partial charge is 0.497 e. The fourth-order valence-corrected chi connectivity index (χ4v) is 3.74. The lowest BCUT2D eigenvalue weighted by Gasteiger charge is -2.19. The fraction of sp³-hybridized carbons (Fsp3) is 0.0345. The third-order valence-electron chi connectivity index (χ3n) is 5.34. The minimum atomic E-state index is -0.207. The number of nitrogens with zero attached hydrogens (tertiary/aromatic N) is 2. The van der Waals surface area contributed by atoms with Crippen molar-refractivity contribution < 1.29 is 14.3 Å². The van der Waals surface area contributed by atoms with Crippen molar-refractivity contribution in [1.29, 1.82) is 0 Å². The van der Waals surface area contributed by atoms with Gasteiger partial charge in [0.05, 0.1) is 12.8 Å². The molecule has 4 aromatic rings. The van der Waals surface area contributed by atoms with Crippen molar-refractivity contribution in [3.05, 3.63) is 126 Å². The quantitative estimate of drug-likeness (QED) is 0.326. The lowest BCUT2D eigenvalue weighted by atomic mass is 10.1. The molecule has 5 rings (SSSR count). The number of para-hydroxylation sites is 1. The molecular weight excluding hydrogens is 424 g/mol. The summed E-state index contributed by atoms with van der Waals surface area (Å²) in [4.78, 5) is 19.9. The van der Waals surface area contributed by atoms with E-state index in [1.807, 2.05) is 109 Å². The number of hydrogen-bond acceptors (Lipinski definition) is 4. The zero-order valence-corrected chi connectivity index (χ0v) is 18.6. The van der Waals surface area contributed by atoms with Gasteiger partial charge in [-0.2, -0.15) is 0 Å². The van der Waals surface area contributed by atoms with Crippen molar-refractivity contribution in [1.82, 2.24) is 0 Å². The summed E-state index contributed by atoms with van der Waals surface area (Å²) in [6, 6.07) is 34.2. The van der Waals surface area contributed by atoms with Crippen LogP contribution in [-0.4, -0.2) is 18.9 Å². The SMILES string of the molecule is COc1cccc(N2C(=O)/C(=C\c3cccc(Oc4ccccc4)c3)N=C2c2ccccc2)c1. The van der Waals surface area contributed by atoms with Gasteiger partial charge < -0.3 is 9.47 Å². The molecule has 4 aromatic carbocycles. The maximum atomic E-state index is 13.5. The van der Waals surface area contributed by atoms with Crippen LogP contribution < -0.4 is 14.4 Å². The van der Waals surface area contributed by atoms with Crippen LogP contribution in [0.1, 0.15) is 11.1 Å². The van der Waals surface area contributed by atoms with Crippen LogP contribution in [-0.2, 0) is 4.79 Å². The lowest BCUT2D eigenvalue weighted by Crippen LogP contribution is -2.32. The van der Waals surface area contributed by atoms with Crippen molar-refractivity contribution in [2.24, 2.45) is 4.99 Å². The number of benzene rings is 4. The van der Waals surface area contributed by atoms with E-state index in [9.17, 15) is 4.79 Å². The molecule has 0 saturated heterocycles. The first-order valence-corrected chi connectivity index (χ1v) is 10.9. The molecule has 166 valence electrons. The van der Waals surface area contributed by atoms with Gasteiger partial charge in [0.2, 0.25) is 0 Å². The van der Waals surface area contributed by atoms with E-state index in [-0.39, 0.29) is 5.91 Å². The molecular formula is C29H22N2O3. The van der Waals surface area contributed by atoms with Gasteiger partial charge in [-0.3, -0.25) is 9.69 Å². The van der Waals surface area contributed by atoms with E-state index >= 15 is 0 Å². The highest BCUT2D eigenvalue weighted by Gasteiger charge is 2.32. The van der Waals surface area contributed by atoms with E-state index in [4.69, 9.17) is 14.5 Å². The van der Waals surface area contributed by atoms with Crippen LogP contribution in [0.5, 0.6) is 17.2 Å². The summed E-state index contributed by atoms with van der Waals surface area (Å²) in [5, 5.41) is 0. The molecule has 0 spiro atoms. The summed E-state index contributed by atoms with van der Waals surface area (Å²) in [5.41, 5.74) is 2.71. The molecule has 34 heavy (non-hydrogen) atoms. The number of hydrogen-bond donors (Lipinski definition) is 0. The standard InChI is InChI=1S/C29H22N2O3/c1-33-25-16-9-13-23(20-25)31-28(22-11-4-2-5-12-22)30-27(29(31)32)19-21-10-8-17-26(18-21)34-24-14-6-3-7-15-24/h2-20H,1H3/b27-19+. The van der Waals surface area contributed by atoms with E-state index in [2.05, 4.69) is 0 Å². The van der Waals surface area contributed by atoms with Crippen LogP contribution in [0.4, 0.5) is 5.69 Å². The molecule has 1 heterocycles. The van der Waals surface area contributed by atoms with Crippen molar-refractivity contribution >= 4 is 23.5 Å². The highest BCUT2D eigenvalue weighted by Crippen LogP contribution is 2.31. The number of amides is 1. The predicted octanol–water partition coefficient (Wildman–Crippen LogP) is 6.32. The molecule has 0 saturated carbocycles. The molecule has 0 fully saturated rings. The number of carbonyl (C=O) groups excluding carboxylic acids is 1. The number of rotatable bonds is 6. The number of ether oxygens (including phenoxy) is 2. The molecule has 0 aromatic heterocycles. The molecule has 5 heteroatoms. The van der Waals surface area contributed by atoms with Gasteiger partial charge in [-0.1, -0.05) is 66.7 Å². The molecule has 0 aliphatic carbocycles. The Morgan fingerprint density at radius 3 is 2.18 bits per heavy atom. The number of methoxy groups -OCH3 is 1. The highest BCUT2D eigenvalue weighted by molar-refractivity contribution is 6.33. The van der Waals surface area contributed by atoms with Gasteiger partial charge in [-0.05, 0) is 48.0 Å². The minimum Gasteiger partial charge on any atom is -0.497 e. The molecule has 0 atom stereocenters. The van der Waals surface area contributed by atoms with Gasteiger partial charge in [-0.15, -0.1) is 0 Å². The molecule has 1 aliphatic heterocycles. The zero-order chi connectivity index (χ0) is 23.3. The van der Waals surface area contributed by atoms with E-state index < -0.39 is 0 Å². The molecule has 0 radical (unpaired) electrons. The summed E-state index contributed by atoms with van der Waals surface area (Å²) in [6.45, 7) is 0. The Labute approximate surface area is 198 Å². The number of amidine groups is 1. The molecule has 1 aliphatic rings. The Morgan fingerprint density at radius 2 is 1.41 bits per heavy atom. The number of carbonyl (C=O) groups is 1. The Hall–Kier alpha value is -4.64. The first kappa shape index (κ1) is 21.2. The van der Waals surface area contributed by atoms with Crippen molar-refractivity contribution in [2.45, 2.75) is 0 Å². The lowest BCUT2D eigenvalue weighted by molar-refractivity contribution is -0.113. The first-order chi connectivity index (χ1) is 16.7. The highest BCUT2D eigenvalue weighted by atomic mass is 16.5. The van der Waals surface area contributed by atoms with Gasteiger partial charge in [0, 0.05) is 11.6 Å². The molecule has 0 N–H and O–H groups in total. The Balaban J connectivity index is 1.52. The van der Waals surface area contributed by atoms with Crippen LogP contribution in [0.25, 0.3) is 6.08 Å². The average Bonchev–Trinajstić information content (AvgIpc) is 3.21. The van der Waals surface area contributed by atoms with Crippen LogP contribution in [0, 0.1) is 0 Å². The zero-order valence-electron chi connectivity index (χ0n) is 18.6. The summed E-state index contributed by atoms with van der Waals surface area (Å²) in [7, 11) is 1.60. The number of aliphatic imine (C=N–C) groups is 1. The number of anilines is 1. The Morgan fingerprint density at radius 1 is 0.735 bits per heavy atom. The van der Waals surface area contributed by atoms with Gasteiger partial charge in [0.25, 0.3) is 5.91 Å². The van der Waals surface area contributed by atoms with Gasteiger partial charge in [0.1, 0.15) is 28.8 Å². The smallest absolute Gasteiger partial charge is 0.282 e.